The van der Waals surface area contributed by atoms with Gasteiger partial charge >= 0.3 is 11.9 Å². The maximum Gasteiger partial charge on any atom is 0.386 e. The first kappa shape index (κ1) is 19.5. The van der Waals surface area contributed by atoms with Crippen molar-refractivity contribution in [1.82, 2.24) is 0 Å². The second-order valence-electron chi connectivity index (χ2n) is 5.88. The minimum Gasteiger partial charge on any atom is -0.258 e. The molecule has 0 bridgehead atoms. The molecule has 7 heteroatoms. The van der Waals surface area contributed by atoms with Crippen LogP contribution >= 0.6 is 0 Å². The second-order valence-corrected chi connectivity index (χ2v) is 5.88. The molecule has 0 spiro atoms. The van der Waals surface area contributed by atoms with Gasteiger partial charge in [0.2, 0.25) is 0 Å². The highest BCUT2D eigenvalue weighted by Gasteiger charge is 2.16. The summed E-state index contributed by atoms with van der Waals surface area (Å²) in [7, 11) is 0. The van der Waals surface area contributed by atoms with Crippen molar-refractivity contribution in [3.8, 4) is 0 Å². The summed E-state index contributed by atoms with van der Waals surface area (Å²) in [5.74, 6) is -1.63. The highest BCUT2D eigenvalue weighted by Crippen LogP contribution is 2.18. The molecule has 0 aliphatic carbocycles. The lowest BCUT2D eigenvalue weighted by atomic mass is 10.1. The summed E-state index contributed by atoms with van der Waals surface area (Å²) in [4.78, 5) is 43.9. The molecule has 0 N–H and O–H groups in total. The van der Waals surface area contributed by atoms with E-state index in [-0.39, 0.29) is 16.8 Å². The second kappa shape index (κ2) is 9.09. The zero-order valence-corrected chi connectivity index (χ0v) is 15.1. The summed E-state index contributed by atoms with van der Waals surface area (Å²) in [6, 6.07) is 20.8. The molecule has 0 amide bonds. The van der Waals surface area contributed by atoms with Gasteiger partial charge < -0.3 is 0 Å². The number of hydrogen-bond acceptors (Lipinski definition) is 6. The molecule has 0 saturated heterocycles. The molecule has 0 heterocycles. The van der Waals surface area contributed by atoms with Crippen molar-refractivity contribution < 1.29 is 24.3 Å². The van der Waals surface area contributed by atoms with Crippen LogP contribution in [0.3, 0.4) is 0 Å². The monoisotopic (exact) mass is 389 g/mol. The van der Waals surface area contributed by atoms with Crippen LogP contribution in [-0.2, 0) is 9.78 Å². The molecule has 0 unspecified atom stereocenters. The van der Waals surface area contributed by atoms with Crippen LogP contribution in [-0.4, -0.2) is 16.9 Å². The molecular formula is C22H15NO6. The third kappa shape index (κ3) is 5.14. The Morgan fingerprint density at radius 1 is 0.793 bits per heavy atom. The highest BCUT2D eigenvalue weighted by atomic mass is 17.2. The summed E-state index contributed by atoms with van der Waals surface area (Å²) in [6.07, 6.45) is 3.25. The van der Waals surface area contributed by atoms with Gasteiger partial charge in [-0.05, 0) is 29.3 Å². The molecule has 29 heavy (non-hydrogen) atoms. The van der Waals surface area contributed by atoms with Gasteiger partial charge in [-0.2, -0.15) is 0 Å². The first-order valence-corrected chi connectivity index (χ1v) is 8.54. The van der Waals surface area contributed by atoms with Crippen molar-refractivity contribution in [3.05, 3.63) is 111 Å². The number of nitro groups is 1. The molecule has 7 nitrogen and oxygen atoms in total. The molecule has 144 valence electrons. The maximum absolute atomic E-state index is 12.3. The lowest BCUT2D eigenvalue weighted by Crippen LogP contribution is -2.12. The molecule has 0 radical (unpaired) electrons. The van der Waals surface area contributed by atoms with Crippen molar-refractivity contribution in [3.63, 3.8) is 0 Å². The average Bonchev–Trinajstić information content (AvgIpc) is 2.76. The molecule has 0 atom stereocenters. The molecule has 3 aromatic carbocycles. The number of carbonyl (C=O) groups is 2. The number of benzene rings is 3. The fraction of sp³-hybridized carbons (Fsp3) is 0. The topological polar surface area (TPSA) is 95.7 Å². The zero-order chi connectivity index (χ0) is 20.6. The van der Waals surface area contributed by atoms with Gasteiger partial charge in [0.1, 0.15) is 0 Å². The number of non-ortho nitro benzene ring substituents is 1. The molecule has 3 aromatic rings. The van der Waals surface area contributed by atoms with Gasteiger partial charge in [-0.1, -0.05) is 60.7 Å². The van der Waals surface area contributed by atoms with Gasteiger partial charge in [0.05, 0.1) is 16.1 Å². The Morgan fingerprint density at radius 2 is 1.48 bits per heavy atom. The van der Waals surface area contributed by atoms with Crippen LogP contribution in [0.5, 0.6) is 0 Å². The van der Waals surface area contributed by atoms with E-state index in [4.69, 9.17) is 0 Å². The molecule has 0 aliphatic rings. The van der Waals surface area contributed by atoms with E-state index in [1.54, 1.807) is 60.7 Å². The lowest BCUT2D eigenvalue weighted by molar-refractivity contribution is -0.384. The standard InChI is InChI=1S/C22H15NO6/c24-21(18-9-2-1-3-10-18)28-29-22(25)20-12-5-4-8-17(20)14-13-16-7-6-11-19(15-16)23(26)27/h1-15H/b14-13+. The van der Waals surface area contributed by atoms with E-state index in [0.717, 1.165) is 0 Å². The van der Waals surface area contributed by atoms with Crippen LogP contribution in [0.4, 0.5) is 5.69 Å². The van der Waals surface area contributed by atoms with Crippen LogP contribution in [0, 0.1) is 10.1 Å². The quantitative estimate of drug-likeness (QED) is 0.272. The van der Waals surface area contributed by atoms with Gasteiger partial charge in [-0.25, -0.2) is 19.4 Å². The molecule has 0 saturated carbocycles. The SMILES string of the molecule is O=C(OOC(=O)c1ccccc1/C=C/c1cccc([N+](=O)[O-])c1)c1ccccc1. The fourth-order valence-corrected chi connectivity index (χ4v) is 2.50. The van der Waals surface area contributed by atoms with Crippen LogP contribution in [0.2, 0.25) is 0 Å². The number of hydrogen-bond donors (Lipinski definition) is 0. The van der Waals surface area contributed by atoms with E-state index < -0.39 is 16.9 Å². The van der Waals surface area contributed by atoms with Gasteiger partial charge in [-0.3, -0.25) is 10.1 Å². The minimum atomic E-state index is -0.839. The van der Waals surface area contributed by atoms with E-state index in [9.17, 15) is 19.7 Å². The predicted molar refractivity (Wildman–Crippen MR) is 106 cm³/mol. The number of rotatable bonds is 5. The van der Waals surface area contributed by atoms with Gasteiger partial charge in [-0.15, -0.1) is 0 Å². The lowest BCUT2D eigenvalue weighted by Gasteiger charge is -2.06. The van der Waals surface area contributed by atoms with E-state index >= 15 is 0 Å². The van der Waals surface area contributed by atoms with E-state index in [1.807, 2.05) is 0 Å². The van der Waals surface area contributed by atoms with E-state index in [1.165, 1.54) is 30.3 Å². The molecule has 0 aliphatic heterocycles. The Balaban J connectivity index is 1.73. The molecule has 0 aromatic heterocycles. The van der Waals surface area contributed by atoms with E-state index in [0.29, 0.717) is 11.1 Å². The average molecular weight is 389 g/mol. The Morgan fingerprint density at radius 3 is 2.24 bits per heavy atom. The van der Waals surface area contributed by atoms with Gasteiger partial charge in [0.15, 0.2) is 0 Å². The molecule has 3 rings (SSSR count). The first-order chi connectivity index (χ1) is 14.0. The largest absolute Gasteiger partial charge is 0.386 e. The summed E-state index contributed by atoms with van der Waals surface area (Å²) >= 11 is 0. The van der Waals surface area contributed by atoms with Crippen molar-refractivity contribution in [2.45, 2.75) is 0 Å². The van der Waals surface area contributed by atoms with Crippen LogP contribution in [0.15, 0.2) is 78.9 Å². The van der Waals surface area contributed by atoms with Gasteiger partial charge in [0, 0.05) is 12.1 Å². The third-order valence-corrected chi connectivity index (χ3v) is 3.92. The number of nitro benzene ring substituents is 1. The number of nitrogens with zero attached hydrogens (tertiary/aromatic N) is 1. The van der Waals surface area contributed by atoms with Crippen LogP contribution in [0.25, 0.3) is 12.2 Å². The van der Waals surface area contributed by atoms with Gasteiger partial charge in [0.25, 0.3) is 5.69 Å². The fourth-order valence-electron chi connectivity index (χ4n) is 2.50. The predicted octanol–water partition coefficient (Wildman–Crippen LogP) is 4.69. The zero-order valence-electron chi connectivity index (χ0n) is 15.1. The van der Waals surface area contributed by atoms with Crippen LogP contribution in [0.1, 0.15) is 31.8 Å². The van der Waals surface area contributed by atoms with Crippen molar-refractivity contribution >= 4 is 29.8 Å². The summed E-state index contributed by atoms with van der Waals surface area (Å²) in [5.41, 5.74) is 1.49. The molecular weight excluding hydrogens is 374 g/mol. The summed E-state index contributed by atoms with van der Waals surface area (Å²) < 4.78 is 0. The van der Waals surface area contributed by atoms with E-state index in [2.05, 4.69) is 9.78 Å². The first-order valence-electron chi connectivity index (χ1n) is 8.54. The van der Waals surface area contributed by atoms with Crippen molar-refractivity contribution in [1.29, 1.82) is 0 Å². The number of carbonyl (C=O) groups excluding carboxylic acids is 2. The van der Waals surface area contributed by atoms with Crippen LogP contribution < -0.4 is 0 Å². The minimum absolute atomic E-state index is 0.0346. The molecule has 0 fully saturated rings. The summed E-state index contributed by atoms with van der Waals surface area (Å²) in [5, 5.41) is 10.9. The maximum atomic E-state index is 12.3. The Bertz CT molecular complexity index is 1080. The Labute approximate surface area is 165 Å². The van der Waals surface area contributed by atoms with Crippen molar-refractivity contribution in [2.75, 3.05) is 0 Å². The Hall–Kier alpha value is -4.26. The Kier molecular flexibility index (Phi) is 6.12. The smallest absolute Gasteiger partial charge is 0.258 e. The third-order valence-electron chi connectivity index (χ3n) is 3.92. The summed E-state index contributed by atoms with van der Waals surface area (Å²) in [6.45, 7) is 0. The van der Waals surface area contributed by atoms with Crippen molar-refractivity contribution in [2.24, 2.45) is 0 Å². The highest BCUT2D eigenvalue weighted by molar-refractivity contribution is 5.95. The normalized spacial score (nSPS) is 10.5.